The van der Waals surface area contributed by atoms with E-state index in [1.54, 1.807) is 36.2 Å². The van der Waals surface area contributed by atoms with Crippen LogP contribution in [-0.4, -0.2) is 76.6 Å². The van der Waals surface area contributed by atoms with E-state index in [9.17, 15) is 19.5 Å². The number of imide groups is 1. The minimum absolute atomic E-state index is 0.137. The third-order valence-electron chi connectivity index (χ3n) is 11.4. The van der Waals surface area contributed by atoms with E-state index in [0.29, 0.717) is 54.7 Å². The Kier molecular flexibility index (Phi) is 8.72. The second-order valence-electron chi connectivity index (χ2n) is 15.5. The van der Waals surface area contributed by atoms with Crippen LogP contribution >= 0.6 is 11.6 Å². The number of benzene rings is 2. The average Bonchev–Trinajstić information content (AvgIpc) is 3.67. The molecule has 3 aliphatic heterocycles. The highest BCUT2D eigenvalue weighted by Gasteiger charge is 2.43. The lowest BCUT2D eigenvalue weighted by molar-refractivity contribution is -0.134. The van der Waals surface area contributed by atoms with Crippen LogP contribution in [0.25, 0.3) is 21.9 Å². The highest BCUT2D eigenvalue weighted by molar-refractivity contribution is 6.33. The van der Waals surface area contributed by atoms with Gasteiger partial charge in [-0.05, 0) is 88.8 Å². The molecule has 2 aromatic carbocycles. The number of amides is 2. The molecule has 2 unspecified atom stereocenters. The first-order valence-electron chi connectivity index (χ1n) is 18.3. The topological polar surface area (TPSA) is 155 Å². The number of carbonyl (C=O) groups excluding carboxylic acids is 2. The zero-order valence-electron chi connectivity index (χ0n) is 30.6. The van der Waals surface area contributed by atoms with Crippen molar-refractivity contribution in [1.82, 2.24) is 34.2 Å². The highest BCUT2D eigenvalue weighted by atomic mass is 35.5. The summed E-state index contributed by atoms with van der Waals surface area (Å²) < 4.78 is 5.15. The molecule has 4 atom stereocenters. The number of nitrogens with one attached hydrogen (secondary N) is 2. The molecular formula is C38H45ClN10O4. The van der Waals surface area contributed by atoms with Crippen LogP contribution in [0.1, 0.15) is 70.4 Å². The van der Waals surface area contributed by atoms with E-state index in [1.807, 2.05) is 37.0 Å². The zero-order chi connectivity index (χ0) is 37.3. The molecule has 3 aromatic heterocycles. The van der Waals surface area contributed by atoms with Crippen molar-refractivity contribution in [3.63, 3.8) is 0 Å². The molecule has 2 amide bonds. The summed E-state index contributed by atoms with van der Waals surface area (Å²) in [6, 6.07) is 13.0. The Hall–Kier alpha value is -4.95. The standard InChI is InChI=1S/C38H45ClN10O4/c1-38(2,53)14-15-48-31-16-21(6-12-29(31)46(4)37(48)52)41-34-28(39)20-40-36(43-34)45(3)25-17-22-7-8-23(18-25)49(22)24-9-10-26-30(19-24)47(5)44-33(26)27-11-13-32(50)42-35(27)51/h6,9-10,12,16,19-20,22-23,25,27,53H,7-8,11,13-15,17-18H2,1-5H3,(H,40,41,43)(H,42,50,51)/t22-,23+,25?,27?. The zero-order valence-corrected chi connectivity index (χ0v) is 31.4. The van der Waals surface area contributed by atoms with Gasteiger partial charge in [0.15, 0.2) is 5.82 Å². The van der Waals surface area contributed by atoms with Gasteiger partial charge in [0.05, 0.1) is 40.0 Å². The van der Waals surface area contributed by atoms with Gasteiger partial charge in [-0.15, -0.1) is 0 Å². The fourth-order valence-electron chi connectivity index (χ4n) is 8.54. The van der Waals surface area contributed by atoms with E-state index in [4.69, 9.17) is 21.7 Å². The predicted molar refractivity (Wildman–Crippen MR) is 205 cm³/mol. The van der Waals surface area contributed by atoms with E-state index in [1.165, 1.54) is 0 Å². The number of aromatic nitrogens is 6. The van der Waals surface area contributed by atoms with Crippen LogP contribution in [0.5, 0.6) is 0 Å². The summed E-state index contributed by atoms with van der Waals surface area (Å²) in [5.41, 5.74) is 4.10. The quantitative estimate of drug-likeness (QED) is 0.181. The number of fused-ring (bicyclic) bond motifs is 4. The number of hydrogen-bond donors (Lipinski definition) is 3. The van der Waals surface area contributed by atoms with E-state index < -0.39 is 11.5 Å². The number of rotatable bonds is 9. The molecule has 0 saturated carbocycles. The third-order valence-corrected chi connectivity index (χ3v) is 11.7. The van der Waals surface area contributed by atoms with Gasteiger partial charge >= 0.3 is 5.69 Å². The molecule has 0 radical (unpaired) electrons. The second kappa shape index (κ2) is 13.2. The Bertz CT molecular complexity index is 2310. The molecule has 0 aliphatic carbocycles. The first-order chi connectivity index (χ1) is 25.3. The number of halogens is 1. The Morgan fingerprint density at radius 2 is 1.77 bits per heavy atom. The molecule has 8 rings (SSSR count). The first kappa shape index (κ1) is 35.1. The van der Waals surface area contributed by atoms with Crippen LogP contribution in [0.4, 0.5) is 23.1 Å². The number of aryl methyl sites for hydroxylation is 3. The van der Waals surface area contributed by atoms with E-state index in [-0.39, 0.29) is 23.5 Å². The molecule has 15 heteroatoms. The van der Waals surface area contributed by atoms with Gasteiger partial charge in [0.25, 0.3) is 0 Å². The van der Waals surface area contributed by atoms with Gasteiger partial charge in [-0.1, -0.05) is 11.6 Å². The number of nitrogens with zero attached hydrogens (tertiary/aromatic N) is 8. The van der Waals surface area contributed by atoms with Gasteiger partial charge < -0.3 is 20.2 Å². The lowest BCUT2D eigenvalue weighted by Crippen LogP contribution is -2.50. The molecule has 278 valence electrons. The van der Waals surface area contributed by atoms with Crippen molar-refractivity contribution in [2.24, 2.45) is 14.1 Å². The van der Waals surface area contributed by atoms with Gasteiger partial charge in [0.2, 0.25) is 17.8 Å². The SMILES string of the molecule is CN(c1ncc(Cl)c(Nc2ccc3c(c2)n(CCC(C)(C)O)c(=O)n3C)n1)C1C[C@H]2CC[C@@H](C1)N2c1ccc2c(C3CCC(=O)NC3=O)nn(C)c2c1. The fraction of sp³-hybridized carbons (Fsp3) is 0.474. The Morgan fingerprint density at radius 3 is 2.49 bits per heavy atom. The lowest BCUT2D eigenvalue weighted by Gasteiger charge is -2.43. The second-order valence-corrected chi connectivity index (χ2v) is 15.9. The molecule has 3 aliphatic rings. The predicted octanol–water partition coefficient (Wildman–Crippen LogP) is 4.73. The van der Waals surface area contributed by atoms with Crippen molar-refractivity contribution < 1.29 is 14.7 Å². The van der Waals surface area contributed by atoms with Crippen LogP contribution in [0.3, 0.4) is 0 Å². The van der Waals surface area contributed by atoms with Crippen LogP contribution in [0, 0.1) is 0 Å². The third kappa shape index (κ3) is 6.41. The van der Waals surface area contributed by atoms with Gasteiger partial charge in [0, 0.05) is 69.0 Å². The number of imidazole rings is 1. The molecule has 14 nitrogen and oxygen atoms in total. The van der Waals surface area contributed by atoms with Crippen molar-refractivity contribution in [3.8, 4) is 0 Å². The number of hydrogen-bond acceptors (Lipinski definition) is 10. The van der Waals surface area contributed by atoms with Gasteiger partial charge in [-0.2, -0.15) is 10.1 Å². The van der Waals surface area contributed by atoms with Crippen molar-refractivity contribution >= 4 is 68.5 Å². The normalized spacial score (nSPS) is 21.8. The van der Waals surface area contributed by atoms with Gasteiger partial charge in [0.1, 0.15) is 5.02 Å². The number of piperidine rings is 2. The molecule has 2 bridgehead atoms. The first-order valence-corrected chi connectivity index (χ1v) is 18.7. The molecule has 3 N–H and O–H groups in total. The molecule has 0 spiro atoms. The summed E-state index contributed by atoms with van der Waals surface area (Å²) >= 11 is 6.63. The van der Waals surface area contributed by atoms with E-state index in [2.05, 4.69) is 43.6 Å². The Morgan fingerprint density at radius 1 is 1.02 bits per heavy atom. The summed E-state index contributed by atoms with van der Waals surface area (Å²) in [6.07, 6.45) is 6.92. The Labute approximate surface area is 311 Å². The Balaban J connectivity index is 0.993. The summed E-state index contributed by atoms with van der Waals surface area (Å²) in [7, 11) is 5.70. The van der Waals surface area contributed by atoms with E-state index in [0.717, 1.165) is 64.7 Å². The highest BCUT2D eigenvalue weighted by Crippen LogP contribution is 2.43. The van der Waals surface area contributed by atoms with Crippen LogP contribution in [0.2, 0.25) is 5.02 Å². The van der Waals surface area contributed by atoms with Crippen LogP contribution in [0.15, 0.2) is 47.4 Å². The maximum Gasteiger partial charge on any atom is 0.328 e. The fourth-order valence-corrected chi connectivity index (χ4v) is 8.68. The van der Waals surface area contributed by atoms with Gasteiger partial charge in [-0.3, -0.25) is 28.7 Å². The molecular weight excluding hydrogens is 696 g/mol. The monoisotopic (exact) mass is 740 g/mol. The molecule has 53 heavy (non-hydrogen) atoms. The van der Waals surface area contributed by atoms with Gasteiger partial charge in [-0.25, -0.2) is 9.78 Å². The summed E-state index contributed by atoms with van der Waals surface area (Å²) in [5.74, 6) is 0.118. The maximum absolute atomic E-state index is 13.0. The smallest absolute Gasteiger partial charge is 0.328 e. The summed E-state index contributed by atoms with van der Waals surface area (Å²) in [5, 5.41) is 22.2. The van der Waals surface area contributed by atoms with Crippen molar-refractivity contribution in [1.29, 1.82) is 0 Å². The van der Waals surface area contributed by atoms with Crippen molar-refractivity contribution in [2.75, 3.05) is 22.2 Å². The largest absolute Gasteiger partial charge is 0.390 e. The molecule has 6 heterocycles. The number of aliphatic hydroxyl groups is 1. The average molecular weight is 741 g/mol. The minimum atomic E-state index is -0.899. The minimum Gasteiger partial charge on any atom is -0.390 e. The van der Waals surface area contributed by atoms with E-state index >= 15 is 0 Å². The van der Waals surface area contributed by atoms with Crippen molar-refractivity contribution in [3.05, 3.63) is 63.8 Å². The summed E-state index contributed by atoms with van der Waals surface area (Å²) in [4.78, 5) is 51.7. The molecule has 5 aromatic rings. The van der Waals surface area contributed by atoms with Crippen LogP contribution in [-0.2, 0) is 30.2 Å². The molecule has 3 fully saturated rings. The maximum atomic E-state index is 13.0. The van der Waals surface area contributed by atoms with Crippen molar-refractivity contribution in [2.45, 2.75) is 95.0 Å². The molecule has 3 saturated heterocycles. The summed E-state index contributed by atoms with van der Waals surface area (Å²) in [6.45, 7) is 3.86. The number of carbonyl (C=O) groups is 2. The number of anilines is 4. The van der Waals surface area contributed by atoms with Crippen LogP contribution < -0.4 is 26.1 Å². The lowest BCUT2D eigenvalue weighted by atomic mass is 9.92.